The van der Waals surface area contributed by atoms with Crippen LogP contribution >= 0.6 is 22.9 Å². The second kappa shape index (κ2) is 4.59. The quantitative estimate of drug-likeness (QED) is 0.418. The first-order valence-electron chi connectivity index (χ1n) is 3.66. The van der Waals surface area contributed by atoms with Crippen molar-refractivity contribution in [3.63, 3.8) is 0 Å². The Morgan fingerprint density at radius 3 is 2.33 bits per heavy atom. The van der Waals surface area contributed by atoms with Crippen LogP contribution < -0.4 is 14.6 Å². The molecule has 0 bridgehead atoms. The van der Waals surface area contributed by atoms with E-state index in [2.05, 4.69) is 36.2 Å². The molecule has 0 unspecified atom stereocenters. The molecule has 0 radical (unpaired) electrons. The number of nitrogens with two attached hydrogens (primary N) is 1. The predicted octanol–water partition coefficient (Wildman–Crippen LogP) is 1.63. The molecular weight excluding hydrogens is 265 g/mol. The summed E-state index contributed by atoms with van der Waals surface area (Å²) in [4.78, 5) is 0. The van der Waals surface area contributed by atoms with Crippen molar-refractivity contribution < 1.29 is 0 Å². The molecule has 0 saturated heterocycles. The molecule has 0 heterocycles. The SMILES string of the molecule is C=C(NI)/C(N)=C\NC(C)(C)C. The lowest BCUT2D eigenvalue weighted by Gasteiger charge is -2.19. The predicted molar refractivity (Wildman–Crippen MR) is 61.5 cm³/mol. The first kappa shape index (κ1) is 11.6. The molecule has 4 N–H and O–H groups in total. The van der Waals surface area contributed by atoms with E-state index >= 15 is 0 Å². The molecule has 0 aromatic carbocycles. The van der Waals surface area contributed by atoms with Crippen LogP contribution in [0.3, 0.4) is 0 Å². The smallest absolute Gasteiger partial charge is 0.0710 e. The van der Waals surface area contributed by atoms with Crippen LogP contribution in [0, 0.1) is 0 Å². The molecule has 0 saturated carbocycles. The Kier molecular flexibility index (Phi) is 4.44. The fraction of sp³-hybridized carbons (Fsp3) is 0.500. The van der Waals surface area contributed by atoms with E-state index < -0.39 is 0 Å². The molecule has 4 heteroatoms. The van der Waals surface area contributed by atoms with Gasteiger partial charge in [0.1, 0.15) is 0 Å². The summed E-state index contributed by atoms with van der Waals surface area (Å²) >= 11 is 1.99. The normalized spacial score (nSPS) is 12.5. The molecule has 0 spiro atoms. The fourth-order valence-corrected chi connectivity index (χ4v) is 0.747. The lowest BCUT2D eigenvalue weighted by molar-refractivity contribution is 0.489. The van der Waals surface area contributed by atoms with E-state index in [9.17, 15) is 0 Å². The van der Waals surface area contributed by atoms with Gasteiger partial charge >= 0.3 is 0 Å². The second-order valence-electron chi connectivity index (χ2n) is 3.57. The Balaban J connectivity index is 4.10. The third kappa shape index (κ3) is 5.29. The van der Waals surface area contributed by atoms with E-state index in [0.29, 0.717) is 11.4 Å². The summed E-state index contributed by atoms with van der Waals surface area (Å²) in [5.74, 6) is 0. The Morgan fingerprint density at radius 2 is 2.00 bits per heavy atom. The Morgan fingerprint density at radius 1 is 1.50 bits per heavy atom. The molecular formula is C8H16IN3. The maximum Gasteiger partial charge on any atom is 0.0710 e. The zero-order chi connectivity index (χ0) is 9.78. The van der Waals surface area contributed by atoms with Crippen LogP contribution in [0.5, 0.6) is 0 Å². The van der Waals surface area contributed by atoms with Crippen LogP contribution in [0.15, 0.2) is 24.2 Å². The minimum atomic E-state index is 0.0379. The number of halogens is 1. The lowest BCUT2D eigenvalue weighted by atomic mass is 10.1. The highest BCUT2D eigenvalue weighted by atomic mass is 127. The van der Waals surface area contributed by atoms with E-state index in [4.69, 9.17) is 5.73 Å². The standard InChI is InChI=1S/C8H16IN3/c1-6(12-9)7(10)5-11-8(2,3)4/h5,11-12H,1,10H2,2-4H3/b7-5+. The topological polar surface area (TPSA) is 50.1 Å². The molecule has 3 nitrogen and oxygen atoms in total. The van der Waals surface area contributed by atoms with Gasteiger partial charge in [0.05, 0.1) is 34.3 Å². The van der Waals surface area contributed by atoms with Crippen molar-refractivity contribution in [3.05, 3.63) is 24.2 Å². The molecule has 12 heavy (non-hydrogen) atoms. The maximum absolute atomic E-state index is 5.67. The number of hydrogen-bond acceptors (Lipinski definition) is 3. The van der Waals surface area contributed by atoms with Gasteiger partial charge in [-0.15, -0.1) is 0 Å². The van der Waals surface area contributed by atoms with Crippen LogP contribution in [0.1, 0.15) is 20.8 Å². The molecule has 0 atom stereocenters. The van der Waals surface area contributed by atoms with E-state index in [1.54, 1.807) is 6.20 Å². The summed E-state index contributed by atoms with van der Waals surface area (Å²) in [6.07, 6.45) is 1.76. The third-order valence-electron chi connectivity index (χ3n) is 1.12. The molecule has 0 aliphatic heterocycles. The third-order valence-corrected chi connectivity index (χ3v) is 1.77. The molecule has 70 valence electrons. The highest BCUT2D eigenvalue weighted by molar-refractivity contribution is 14.1. The first-order valence-corrected chi connectivity index (χ1v) is 4.74. The second-order valence-corrected chi connectivity index (χ2v) is 4.11. The molecule has 0 fully saturated rings. The monoisotopic (exact) mass is 281 g/mol. The Hall–Kier alpha value is -0.390. The van der Waals surface area contributed by atoms with E-state index in [1.165, 1.54) is 0 Å². The van der Waals surface area contributed by atoms with Gasteiger partial charge in [0, 0.05) is 11.7 Å². The number of hydrogen-bond donors (Lipinski definition) is 3. The Labute approximate surface area is 88.0 Å². The van der Waals surface area contributed by atoms with Crippen LogP contribution in [-0.4, -0.2) is 5.54 Å². The lowest BCUT2D eigenvalue weighted by Crippen LogP contribution is -2.32. The molecule has 0 aliphatic carbocycles. The van der Waals surface area contributed by atoms with Gasteiger partial charge in [-0.3, -0.25) is 0 Å². The summed E-state index contributed by atoms with van der Waals surface area (Å²) in [6.45, 7) is 9.92. The van der Waals surface area contributed by atoms with Crippen LogP contribution in [0.25, 0.3) is 0 Å². The Bertz CT molecular complexity index is 191. The van der Waals surface area contributed by atoms with Crippen molar-refractivity contribution in [3.8, 4) is 0 Å². The van der Waals surface area contributed by atoms with Gasteiger partial charge in [-0.1, -0.05) is 6.58 Å². The summed E-state index contributed by atoms with van der Waals surface area (Å²) in [5.41, 5.74) is 7.04. The highest BCUT2D eigenvalue weighted by Gasteiger charge is 2.06. The van der Waals surface area contributed by atoms with Crippen LogP contribution in [0.2, 0.25) is 0 Å². The van der Waals surface area contributed by atoms with E-state index in [-0.39, 0.29) is 5.54 Å². The van der Waals surface area contributed by atoms with Gasteiger partial charge in [0.2, 0.25) is 0 Å². The van der Waals surface area contributed by atoms with E-state index in [0.717, 1.165) is 0 Å². The maximum atomic E-state index is 5.67. The minimum absolute atomic E-state index is 0.0379. The zero-order valence-corrected chi connectivity index (χ0v) is 9.90. The van der Waals surface area contributed by atoms with Crippen molar-refractivity contribution in [1.29, 1.82) is 0 Å². The molecule has 0 aromatic heterocycles. The summed E-state index contributed by atoms with van der Waals surface area (Å²) in [7, 11) is 0. The van der Waals surface area contributed by atoms with Crippen molar-refractivity contribution in [2.45, 2.75) is 26.3 Å². The van der Waals surface area contributed by atoms with Gasteiger partial charge in [-0.05, 0) is 20.8 Å². The molecule has 0 amide bonds. The first-order chi connectivity index (χ1) is 5.37. The van der Waals surface area contributed by atoms with Gasteiger partial charge in [-0.25, -0.2) is 0 Å². The summed E-state index contributed by atoms with van der Waals surface area (Å²) < 4.78 is 2.84. The zero-order valence-electron chi connectivity index (χ0n) is 7.74. The average molecular weight is 281 g/mol. The van der Waals surface area contributed by atoms with Crippen LogP contribution in [-0.2, 0) is 0 Å². The molecule has 0 aliphatic rings. The van der Waals surface area contributed by atoms with Gasteiger partial charge in [-0.2, -0.15) is 0 Å². The molecule has 0 aromatic rings. The van der Waals surface area contributed by atoms with Crippen molar-refractivity contribution >= 4 is 22.9 Å². The van der Waals surface area contributed by atoms with Crippen molar-refractivity contribution in [1.82, 2.24) is 8.85 Å². The summed E-state index contributed by atoms with van der Waals surface area (Å²) in [5, 5.41) is 3.15. The average Bonchev–Trinajstić information content (AvgIpc) is 1.97. The van der Waals surface area contributed by atoms with Crippen LogP contribution in [0.4, 0.5) is 0 Å². The van der Waals surface area contributed by atoms with Gasteiger partial charge < -0.3 is 14.6 Å². The minimum Gasteiger partial charge on any atom is -0.396 e. The number of rotatable bonds is 3. The van der Waals surface area contributed by atoms with Gasteiger partial charge in [0.15, 0.2) is 0 Å². The van der Waals surface area contributed by atoms with Crippen molar-refractivity contribution in [2.75, 3.05) is 0 Å². The fourth-order valence-electron chi connectivity index (χ4n) is 0.436. The number of nitrogens with one attached hydrogen (secondary N) is 2. The molecule has 0 rings (SSSR count). The van der Waals surface area contributed by atoms with E-state index in [1.807, 2.05) is 22.9 Å². The highest BCUT2D eigenvalue weighted by Crippen LogP contribution is 2.01. The van der Waals surface area contributed by atoms with Crippen molar-refractivity contribution in [2.24, 2.45) is 5.73 Å². The van der Waals surface area contributed by atoms with Gasteiger partial charge in [0.25, 0.3) is 0 Å². The summed E-state index contributed by atoms with van der Waals surface area (Å²) in [6, 6.07) is 0. The largest absolute Gasteiger partial charge is 0.396 e.